The van der Waals surface area contributed by atoms with Crippen molar-refractivity contribution in [1.29, 1.82) is 0 Å². The lowest BCUT2D eigenvalue weighted by Gasteiger charge is -2.33. The Kier molecular flexibility index (Phi) is 5.25. The molecule has 0 spiro atoms. The van der Waals surface area contributed by atoms with Gasteiger partial charge in [0, 0.05) is 17.7 Å². The van der Waals surface area contributed by atoms with Crippen LogP contribution in [0.1, 0.15) is 31.4 Å². The molecule has 1 aromatic heterocycles. The van der Waals surface area contributed by atoms with Crippen LogP contribution in [0.2, 0.25) is 0 Å². The van der Waals surface area contributed by atoms with Gasteiger partial charge in [0.05, 0.1) is 29.0 Å². The molecule has 0 aliphatic carbocycles. The number of benzene rings is 1. The van der Waals surface area contributed by atoms with Crippen LogP contribution in [0.3, 0.4) is 0 Å². The van der Waals surface area contributed by atoms with Crippen molar-refractivity contribution in [1.82, 2.24) is 5.32 Å². The number of ether oxygens (including phenoxy) is 2. The van der Waals surface area contributed by atoms with Crippen molar-refractivity contribution in [2.75, 3.05) is 18.1 Å². The molecular weight excluding hydrogens is 426 g/mol. The molecule has 2 aromatic rings. The highest BCUT2D eigenvalue weighted by molar-refractivity contribution is 7.91. The molecule has 0 radical (unpaired) electrons. The zero-order valence-corrected chi connectivity index (χ0v) is 18.4. The van der Waals surface area contributed by atoms with Crippen molar-refractivity contribution in [2.24, 2.45) is 0 Å². The van der Waals surface area contributed by atoms with Crippen LogP contribution in [0.4, 0.5) is 0 Å². The Hall–Kier alpha value is -2.59. The first kappa shape index (κ1) is 21.6. The Morgan fingerprint density at radius 1 is 1.32 bits per heavy atom. The van der Waals surface area contributed by atoms with Crippen LogP contribution in [-0.4, -0.2) is 55.3 Å². The molecule has 0 bridgehead atoms. The molecule has 0 saturated carbocycles. The second kappa shape index (κ2) is 7.52. The molecule has 2 atom stereocenters. The highest BCUT2D eigenvalue weighted by Crippen LogP contribution is 2.42. The Morgan fingerprint density at radius 3 is 2.74 bits per heavy atom. The van der Waals surface area contributed by atoms with Crippen molar-refractivity contribution in [2.45, 2.75) is 51.4 Å². The third-order valence-electron chi connectivity index (χ3n) is 5.63. The van der Waals surface area contributed by atoms with Crippen LogP contribution in [0.5, 0.6) is 11.5 Å². The third-order valence-corrected chi connectivity index (χ3v) is 7.35. The van der Waals surface area contributed by atoms with E-state index in [1.54, 1.807) is 13.0 Å². The van der Waals surface area contributed by atoms with Gasteiger partial charge < -0.3 is 24.3 Å². The van der Waals surface area contributed by atoms with E-state index in [9.17, 15) is 23.1 Å². The molecule has 1 saturated heterocycles. The van der Waals surface area contributed by atoms with Gasteiger partial charge >= 0.3 is 5.63 Å². The quantitative estimate of drug-likeness (QED) is 0.654. The summed E-state index contributed by atoms with van der Waals surface area (Å²) in [6.45, 7) is 5.27. The summed E-state index contributed by atoms with van der Waals surface area (Å²) >= 11 is 0. The maximum Gasteiger partial charge on any atom is 0.336 e. The number of amides is 1. The number of hydrogen-bond acceptors (Lipinski definition) is 8. The number of aliphatic hydroxyl groups is 1. The average Bonchev–Trinajstić information content (AvgIpc) is 2.89. The van der Waals surface area contributed by atoms with Gasteiger partial charge in [0.2, 0.25) is 0 Å². The van der Waals surface area contributed by atoms with Gasteiger partial charge in [-0.1, -0.05) is 0 Å². The normalized spacial score (nSPS) is 23.7. The minimum absolute atomic E-state index is 0.311. The maximum absolute atomic E-state index is 12.3. The monoisotopic (exact) mass is 451 g/mol. The molecular formula is C21H25NO8S. The molecule has 2 aliphatic rings. The van der Waals surface area contributed by atoms with E-state index in [0.717, 1.165) is 12.0 Å². The van der Waals surface area contributed by atoms with Gasteiger partial charge in [-0.25, -0.2) is 13.2 Å². The fraction of sp³-hybridized carbons (Fsp3) is 0.524. The minimum Gasteiger partial charge on any atom is -0.487 e. The molecule has 2 N–H and O–H groups in total. The standard InChI is InChI=1S/C21H25NO8S/c1-11-6-18(25)29-20-12-4-5-21(2,3)30-15(12)7-16(19(11)20)28-8-17(24)22-13-9-31(26,27)10-14(13)23/h6-7,13-14,23H,4-5,8-10H2,1-3H3,(H,22,24)/t13-,14-/m0/s1. The van der Waals surface area contributed by atoms with Crippen LogP contribution in [0, 0.1) is 6.92 Å². The third kappa shape index (κ3) is 4.40. The number of aryl methyl sites for hydroxylation is 2. The summed E-state index contributed by atoms with van der Waals surface area (Å²) in [4.78, 5) is 24.3. The summed E-state index contributed by atoms with van der Waals surface area (Å²) < 4.78 is 40.5. The highest BCUT2D eigenvalue weighted by atomic mass is 32.2. The van der Waals surface area contributed by atoms with Gasteiger partial charge in [0.25, 0.3) is 5.91 Å². The summed E-state index contributed by atoms with van der Waals surface area (Å²) in [5.74, 6) is -0.398. The lowest BCUT2D eigenvalue weighted by Crippen LogP contribution is -2.44. The van der Waals surface area contributed by atoms with E-state index in [2.05, 4.69) is 5.32 Å². The molecule has 10 heteroatoms. The summed E-state index contributed by atoms with van der Waals surface area (Å²) in [6, 6.07) is 2.17. The lowest BCUT2D eigenvalue weighted by molar-refractivity contribution is -0.124. The SMILES string of the molecule is Cc1cc(=O)oc2c3c(cc(OCC(=O)N[C@H]4CS(=O)(=O)C[C@@H]4O)c12)OC(C)(C)CC3. The molecule has 3 heterocycles. The Bertz CT molecular complexity index is 1210. The molecule has 31 heavy (non-hydrogen) atoms. The summed E-state index contributed by atoms with van der Waals surface area (Å²) in [5, 5.41) is 12.9. The van der Waals surface area contributed by atoms with E-state index >= 15 is 0 Å². The van der Waals surface area contributed by atoms with Crippen LogP contribution >= 0.6 is 0 Å². The van der Waals surface area contributed by atoms with E-state index in [1.165, 1.54) is 6.07 Å². The zero-order chi connectivity index (χ0) is 22.6. The van der Waals surface area contributed by atoms with Crippen LogP contribution in [0.15, 0.2) is 21.3 Å². The number of hydrogen-bond donors (Lipinski definition) is 2. The van der Waals surface area contributed by atoms with Crippen molar-refractivity contribution in [3.05, 3.63) is 33.7 Å². The predicted octanol–water partition coefficient (Wildman–Crippen LogP) is 0.858. The maximum atomic E-state index is 12.3. The molecule has 1 fully saturated rings. The fourth-order valence-corrected chi connectivity index (χ4v) is 5.83. The number of carbonyl (C=O) groups excluding carboxylic acids is 1. The molecule has 9 nitrogen and oxygen atoms in total. The zero-order valence-electron chi connectivity index (χ0n) is 17.6. The Balaban J connectivity index is 1.62. The van der Waals surface area contributed by atoms with Crippen molar-refractivity contribution in [3.63, 3.8) is 0 Å². The summed E-state index contributed by atoms with van der Waals surface area (Å²) in [7, 11) is -3.38. The van der Waals surface area contributed by atoms with Crippen molar-refractivity contribution >= 4 is 26.7 Å². The largest absolute Gasteiger partial charge is 0.487 e. The van der Waals surface area contributed by atoms with E-state index in [0.29, 0.717) is 34.5 Å². The van der Waals surface area contributed by atoms with Gasteiger partial charge in [0.15, 0.2) is 16.4 Å². The van der Waals surface area contributed by atoms with E-state index in [4.69, 9.17) is 13.9 Å². The first-order chi connectivity index (χ1) is 14.4. The van der Waals surface area contributed by atoms with Crippen LogP contribution in [0.25, 0.3) is 11.0 Å². The van der Waals surface area contributed by atoms with Crippen LogP contribution < -0.4 is 20.4 Å². The second-order valence-electron chi connectivity index (χ2n) is 8.77. The molecule has 1 aromatic carbocycles. The average molecular weight is 451 g/mol. The highest BCUT2D eigenvalue weighted by Gasteiger charge is 2.37. The predicted molar refractivity (Wildman–Crippen MR) is 112 cm³/mol. The molecule has 2 aliphatic heterocycles. The fourth-order valence-electron chi connectivity index (χ4n) is 4.09. The molecule has 0 unspecified atom stereocenters. The van der Waals surface area contributed by atoms with Gasteiger partial charge in [0.1, 0.15) is 22.7 Å². The van der Waals surface area contributed by atoms with Gasteiger partial charge in [-0.2, -0.15) is 0 Å². The topological polar surface area (TPSA) is 132 Å². The van der Waals surface area contributed by atoms with Gasteiger partial charge in [-0.05, 0) is 39.2 Å². The molecule has 4 rings (SSSR count). The Morgan fingerprint density at radius 2 is 2.06 bits per heavy atom. The number of fused-ring (bicyclic) bond motifs is 3. The van der Waals surface area contributed by atoms with E-state index < -0.39 is 45.7 Å². The number of rotatable bonds is 4. The first-order valence-corrected chi connectivity index (χ1v) is 11.9. The number of sulfone groups is 1. The number of carbonyl (C=O) groups is 1. The summed E-state index contributed by atoms with van der Waals surface area (Å²) in [6.07, 6.45) is 0.271. The minimum atomic E-state index is -3.38. The van der Waals surface area contributed by atoms with Crippen LogP contribution in [-0.2, 0) is 21.1 Å². The molecule has 1 amide bonds. The molecule has 168 valence electrons. The lowest BCUT2D eigenvalue weighted by atomic mass is 9.92. The summed E-state index contributed by atoms with van der Waals surface area (Å²) in [5.41, 5.74) is 0.927. The number of aliphatic hydroxyl groups excluding tert-OH is 1. The second-order valence-corrected chi connectivity index (χ2v) is 10.9. The Labute approximate surface area is 179 Å². The van der Waals surface area contributed by atoms with Crippen molar-refractivity contribution in [3.8, 4) is 11.5 Å². The number of nitrogens with one attached hydrogen (secondary N) is 1. The van der Waals surface area contributed by atoms with Gasteiger partial charge in [-0.15, -0.1) is 0 Å². The van der Waals surface area contributed by atoms with E-state index in [1.807, 2.05) is 13.8 Å². The van der Waals surface area contributed by atoms with Crippen molar-refractivity contribution < 1.29 is 32.2 Å². The van der Waals surface area contributed by atoms with E-state index in [-0.39, 0.29) is 11.5 Å². The van der Waals surface area contributed by atoms with Gasteiger partial charge in [-0.3, -0.25) is 4.79 Å². The first-order valence-electron chi connectivity index (χ1n) is 10.0. The smallest absolute Gasteiger partial charge is 0.336 e.